The molecule has 0 bridgehead atoms. The van der Waals surface area contributed by atoms with Gasteiger partial charge in [0.05, 0.1) is 6.61 Å². The third-order valence-electron chi connectivity index (χ3n) is 4.13. The molecule has 18 heavy (non-hydrogen) atoms. The van der Waals surface area contributed by atoms with E-state index in [-0.39, 0.29) is 0 Å². The van der Waals surface area contributed by atoms with Gasteiger partial charge in [0.15, 0.2) is 0 Å². The maximum absolute atomic E-state index is 5.28. The average Bonchev–Trinajstić information content (AvgIpc) is 3.21. The smallest absolute Gasteiger partial charge is 0.0589 e. The van der Waals surface area contributed by atoms with Crippen molar-refractivity contribution >= 4 is 0 Å². The van der Waals surface area contributed by atoms with Gasteiger partial charge in [0.2, 0.25) is 0 Å². The Morgan fingerprint density at radius 1 is 1.33 bits per heavy atom. The number of nitrogens with zero attached hydrogens (tertiary/aromatic N) is 1. The molecule has 1 aliphatic carbocycles. The molecule has 3 nitrogen and oxygen atoms in total. The lowest BCUT2D eigenvalue weighted by molar-refractivity contribution is 0.0787. The van der Waals surface area contributed by atoms with Crippen molar-refractivity contribution in [3.05, 3.63) is 0 Å². The van der Waals surface area contributed by atoms with E-state index in [0.717, 1.165) is 32.2 Å². The molecule has 2 atom stereocenters. The van der Waals surface area contributed by atoms with E-state index in [9.17, 15) is 0 Å². The van der Waals surface area contributed by atoms with Crippen molar-refractivity contribution in [2.45, 2.75) is 58.5 Å². The fraction of sp³-hybridized carbons (Fsp3) is 1.00. The van der Waals surface area contributed by atoms with Gasteiger partial charge in [-0.1, -0.05) is 13.8 Å². The van der Waals surface area contributed by atoms with Crippen LogP contribution in [0.1, 0.15) is 46.5 Å². The van der Waals surface area contributed by atoms with E-state index in [1.54, 1.807) is 7.11 Å². The summed E-state index contributed by atoms with van der Waals surface area (Å²) in [6.07, 6.45) is 5.27. The van der Waals surface area contributed by atoms with Crippen molar-refractivity contribution in [1.82, 2.24) is 10.2 Å². The maximum atomic E-state index is 5.28. The first kappa shape index (κ1) is 15.9. The van der Waals surface area contributed by atoms with Gasteiger partial charge in [0, 0.05) is 32.3 Å². The highest BCUT2D eigenvalue weighted by Gasteiger charge is 2.34. The fourth-order valence-corrected chi connectivity index (χ4v) is 2.71. The predicted molar refractivity (Wildman–Crippen MR) is 78.0 cm³/mol. The molecule has 0 amide bonds. The lowest BCUT2D eigenvalue weighted by Gasteiger charge is -2.36. The van der Waals surface area contributed by atoms with Gasteiger partial charge in [-0.25, -0.2) is 0 Å². The van der Waals surface area contributed by atoms with Gasteiger partial charge in [-0.3, -0.25) is 4.90 Å². The lowest BCUT2D eigenvalue weighted by Crippen LogP contribution is -2.49. The van der Waals surface area contributed by atoms with E-state index in [0.29, 0.717) is 12.1 Å². The van der Waals surface area contributed by atoms with E-state index in [2.05, 4.69) is 31.0 Å². The van der Waals surface area contributed by atoms with Crippen LogP contribution in [0.5, 0.6) is 0 Å². The van der Waals surface area contributed by atoms with Gasteiger partial charge in [0.1, 0.15) is 0 Å². The van der Waals surface area contributed by atoms with Crippen molar-refractivity contribution in [2.75, 3.05) is 33.4 Å². The van der Waals surface area contributed by atoms with Crippen LogP contribution in [0.4, 0.5) is 0 Å². The second-order valence-corrected chi connectivity index (χ2v) is 5.57. The Kier molecular flexibility index (Phi) is 7.87. The molecule has 0 aromatic rings. The molecule has 0 aromatic heterocycles. The quantitative estimate of drug-likeness (QED) is 0.575. The summed E-state index contributed by atoms with van der Waals surface area (Å²) >= 11 is 0. The monoisotopic (exact) mass is 256 g/mol. The predicted octanol–water partition coefficient (Wildman–Crippen LogP) is 2.51. The topological polar surface area (TPSA) is 24.5 Å². The number of nitrogens with one attached hydrogen (secondary N) is 1. The average molecular weight is 256 g/mol. The zero-order valence-corrected chi connectivity index (χ0v) is 12.7. The van der Waals surface area contributed by atoms with E-state index in [1.807, 2.05) is 0 Å². The SMILES string of the molecule is CCCNCC(CC)N(CCOC)C(C)C1CC1. The van der Waals surface area contributed by atoms with Crippen LogP contribution in [-0.2, 0) is 4.74 Å². The van der Waals surface area contributed by atoms with Crippen LogP contribution in [0.15, 0.2) is 0 Å². The lowest BCUT2D eigenvalue weighted by atomic mass is 10.1. The van der Waals surface area contributed by atoms with Crippen molar-refractivity contribution in [2.24, 2.45) is 5.92 Å². The molecular weight excluding hydrogens is 224 g/mol. The molecule has 0 heterocycles. The van der Waals surface area contributed by atoms with Gasteiger partial charge >= 0.3 is 0 Å². The standard InChI is InChI=1S/C15H32N2O/c1-5-9-16-12-15(6-2)17(10-11-18-4)13(3)14-7-8-14/h13-16H,5-12H2,1-4H3. The van der Waals surface area contributed by atoms with Crippen LogP contribution in [0.25, 0.3) is 0 Å². The van der Waals surface area contributed by atoms with E-state index < -0.39 is 0 Å². The summed E-state index contributed by atoms with van der Waals surface area (Å²) in [7, 11) is 1.80. The summed E-state index contributed by atoms with van der Waals surface area (Å²) < 4.78 is 5.28. The second kappa shape index (κ2) is 8.89. The molecule has 1 N–H and O–H groups in total. The molecule has 0 radical (unpaired) electrons. The van der Waals surface area contributed by atoms with Crippen LogP contribution >= 0.6 is 0 Å². The van der Waals surface area contributed by atoms with Crippen molar-refractivity contribution < 1.29 is 4.74 Å². The Balaban J connectivity index is 2.47. The highest BCUT2D eigenvalue weighted by molar-refractivity contribution is 4.88. The molecule has 0 aliphatic heterocycles. The molecule has 1 rings (SSSR count). The van der Waals surface area contributed by atoms with Gasteiger partial charge < -0.3 is 10.1 Å². The minimum absolute atomic E-state index is 0.655. The Hall–Kier alpha value is -0.120. The minimum atomic E-state index is 0.655. The second-order valence-electron chi connectivity index (χ2n) is 5.57. The molecule has 1 saturated carbocycles. The maximum Gasteiger partial charge on any atom is 0.0589 e. The van der Waals surface area contributed by atoms with Crippen LogP contribution < -0.4 is 5.32 Å². The molecule has 0 spiro atoms. The molecule has 1 fully saturated rings. The first-order chi connectivity index (χ1) is 8.74. The summed E-state index contributed by atoms with van der Waals surface area (Å²) in [5.41, 5.74) is 0. The normalized spacial score (nSPS) is 19.2. The Bertz CT molecular complexity index is 207. The zero-order valence-electron chi connectivity index (χ0n) is 12.7. The Labute approximate surface area is 113 Å². The fourth-order valence-electron chi connectivity index (χ4n) is 2.71. The van der Waals surface area contributed by atoms with Crippen molar-refractivity contribution in [3.8, 4) is 0 Å². The number of hydrogen-bond acceptors (Lipinski definition) is 3. The van der Waals surface area contributed by atoms with Gasteiger partial charge in [-0.2, -0.15) is 0 Å². The van der Waals surface area contributed by atoms with E-state index >= 15 is 0 Å². The number of hydrogen-bond donors (Lipinski definition) is 1. The number of rotatable bonds is 11. The van der Waals surface area contributed by atoms with Crippen LogP contribution in [0, 0.1) is 5.92 Å². The molecule has 1 aliphatic rings. The third-order valence-corrected chi connectivity index (χ3v) is 4.13. The van der Waals surface area contributed by atoms with E-state index in [4.69, 9.17) is 4.74 Å². The molecule has 2 unspecified atom stereocenters. The van der Waals surface area contributed by atoms with Crippen LogP contribution in [0.3, 0.4) is 0 Å². The van der Waals surface area contributed by atoms with Gasteiger partial charge in [-0.05, 0) is 45.1 Å². The summed E-state index contributed by atoms with van der Waals surface area (Å²) in [5, 5.41) is 3.57. The van der Waals surface area contributed by atoms with Crippen LogP contribution in [-0.4, -0.2) is 50.3 Å². The highest BCUT2D eigenvalue weighted by Crippen LogP contribution is 2.35. The number of methoxy groups -OCH3 is 1. The largest absolute Gasteiger partial charge is 0.383 e. The zero-order chi connectivity index (χ0) is 13.4. The van der Waals surface area contributed by atoms with E-state index in [1.165, 1.54) is 25.7 Å². The van der Waals surface area contributed by atoms with Crippen LogP contribution in [0.2, 0.25) is 0 Å². The van der Waals surface area contributed by atoms with Crippen molar-refractivity contribution in [3.63, 3.8) is 0 Å². The highest BCUT2D eigenvalue weighted by atomic mass is 16.5. The summed E-state index contributed by atoms with van der Waals surface area (Å²) in [6, 6.07) is 1.37. The summed E-state index contributed by atoms with van der Waals surface area (Å²) in [5.74, 6) is 0.932. The Morgan fingerprint density at radius 3 is 2.56 bits per heavy atom. The molecule has 0 saturated heterocycles. The van der Waals surface area contributed by atoms with Gasteiger partial charge in [0.25, 0.3) is 0 Å². The molecule has 108 valence electrons. The summed E-state index contributed by atoms with van der Waals surface area (Å²) in [6.45, 7) is 11.1. The first-order valence-corrected chi connectivity index (χ1v) is 7.69. The molecular formula is C15H32N2O. The minimum Gasteiger partial charge on any atom is -0.383 e. The van der Waals surface area contributed by atoms with Gasteiger partial charge in [-0.15, -0.1) is 0 Å². The third kappa shape index (κ3) is 5.25. The first-order valence-electron chi connectivity index (χ1n) is 7.69. The summed E-state index contributed by atoms with van der Waals surface area (Å²) in [4.78, 5) is 2.67. The number of ether oxygens (including phenoxy) is 1. The van der Waals surface area contributed by atoms with Crippen molar-refractivity contribution in [1.29, 1.82) is 0 Å². The molecule has 0 aromatic carbocycles. The molecule has 3 heteroatoms. The Morgan fingerprint density at radius 2 is 2.06 bits per heavy atom.